The normalized spacial score (nSPS) is 15.5. The fraction of sp³-hybridized carbons (Fsp3) is 0.400. The molecule has 5 aromatic rings. The molecular weight excluding hydrogens is 504 g/mol. The molecule has 0 aliphatic heterocycles. The largest absolute Gasteiger partial charge is 0.341 e. The minimum absolute atomic E-state index is 0.00407. The number of aryl methyl sites for hydroxylation is 2. The van der Waals surface area contributed by atoms with E-state index in [1.165, 1.54) is 5.56 Å². The Morgan fingerprint density at radius 2 is 2.00 bits per heavy atom. The molecule has 1 aliphatic carbocycles. The van der Waals surface area contributed by atoms with Crippen molar-refractivity contribution in [1.82, 2.24) is 40.2 Å². The molecule has 0 saturated carbocycles. The second kappa shape index (κ2) is 9.69. The Labute approximate surface area is 232 Å². The smallest absolute Gasteiger partial charge is 0.315 e. The van der Waals surface area contributed by atoms with E-state index in [0.29, 0.717) is 11.6 Å². The molecule has 40 heavy (non-hydrogen) atoms. The van der Waals surface area contributed by atoms with Crippen LogP contribution in [0.1, 0.15) is 92.9 Å². The molecule has 1 atom stereocenters. The first-order valence-corrected chi connectivity index (χ1v) is 13.8. The lowest BCUT2D eigenvalue weighted by atomic mass is 9.85. The van der Waals surface area contributed by atoms with Crippen LogP contribution in [-0.4, -0.2) is 40.8 Å². The summed E-state index contributed by atoms with van der Waals surface area (Å²) in [5.74, 6) is 0.865. The molecule has 0 radical (unpaired) electrons. The number of aromatic amines is 1. The zero-order valence-electron chi connectivity index (χ0n) is 23.7. The van der Waals surface area contributed by atoms with Gasteiger partial charge in [-0.1, -0.05) is 44.1 Å². The van der Waals surface area contributed by atoms with Crippen molar-refractivity contribution in [3.8, 4) is 22.6 Å². The van der Waals surface area contributed by atoms with Gasteiger partial charge in [0.15, 0.2) is 17.3 Å². The van der Waals surface area contributed by atoms with Crippen molar-refractivity contribution in [2.45, 2.75) is 78.3 Å². The van der Waals surface area contributed by atoms with Crippen LogP contribution in [-0.2, 0) is 11.8 Å². The highest BCUT2D eigenvalue weighted by molar-refractivity contribution is 5.92. The van der Waals surface area contributed by atoms with Crippen molar-refractivity contribution < 1.29 is 9.32 Å². The number of fused-ring (bicyclic) bond motifs is 2. The van der Waals surface area contributed by atoms with E-state index in [-0.39, 0.29) is 29.3 Å². The van der Waals surface area contributed by atoms with Crippen molar-refractivity contribution >= 4 is 17.1 Å². The van der Waals surface area contributed by atoms with E-state index in [4.69, 9.17) is 14.6 Å². The van der Waals surface area contributed by atoms with Gasteiger partial charge in [0.2, 0.25) is 0 Å². The van der Waals surface area contributed by atoms with Crippen LogP contribution in [0.5, 0.6) is 0 Å². The third-order valence-corrected chi connectivity index (χ3v) is 7.40. The molecule has 4 heterocycles. The number of benzene rings is 1. The number of hydrogen-bond acceptors (Lipinski definition) is 7. The number of nitrogens with one attached hydrogen (secondary N) is 2. The van der Waals surface area contributed by atoms with E-state index in [1.54, 1.807) is 6.20 Å². The topological polar surface area (TPSA) is 127 Å². The Morgan fingerprint density at radius 1 is 1.18 bits per heavy atom. The third-order valence-electron chi connectivity index (χ3n) is 7.40. The van der Waals surface area contributed by atoms with E-state index in [2.05, 4.69) is 64.4 Å². The third kappa shape index (κ3) is 4.67. The lowest BCUT2D eigenvalue weighted by Gasteiger charge is -2.26. The van der Waals surface area contributed by atoms with Gasteiger partial charge >= 0.3 is 11.8 Å². The van der Waals surface area contributed by atoms with Crippen LogP contribution < -0.4 is 5.32 Å². The molecule has 0 spiro atoms. The first-order chi connectivity index (χ1) is 19.1. The summed E-state index contributed by atoms with van der Waals surface area (Å²) in [6.45, 7) is 12.2. The number of nitrogens with zero attached hydrogens (tertiary/aromatic N) is 6. The number of H-pyrrole nitrogens is 1. The molecule has 2 N–H and O–H groups in total. The molecule has 206 valence electrons. The van der Waals surface area contributed by atoms with E-state index in [1.807, 2.05) is 37.6 Å². The summed E-state index contributed by atoms with van der Waals surface area (Å²) in [5.41, 5.74) is 7.51. The summed E-state index contributed by atoms with van der Waals surface area (Å²) in [5, 5.41) is 11.8. The van der Waals surface area contributed by atoms with E-state index in [0.717, 1.165) is 58.5 Å². The number of aromatic nitrogens is 7. The molecule has 6 rings (SSSR count). The van der Waals surface area contributed by atoms with Gasteiger partial charge in [-0.3, -0.25) is 9.48 Å². The summed E-state index contributed by atoms with van der Waals surface area (Å²) in [6, 6.07) is 10.6. The van der Waals surface area contributed by atoms with Gasteiger partial charge in [0.25, 0.3) is 0 Å². The van der Waals surface area contributed by atoms with Crippen LogP contribution in [0.25, 0.3) is 33.8 Å². The highest BCUT2D eigenvalue weighted by atomic mass is 16.5. The maximum atomic E-state index is 12.9. The van der Waals surface area contributed by atoms with Crippen LogP contribution in [0.2, 0.25) is 0 Å². The number of carbonyl (C=O) groups is 1. The zero-order valence-corrected chi connectivity index (χ0v) is 23.7. The van der Waals surface area contributed by atoms with Crippen molar-refractivity contribution in [2.75, 3.05) is 0 Å². The predicted octanol–water partition coefficient (Wildman–Crippen LogP) is 5.87. The molecule has 0 saturated heterocycles. The summed E-state index contributed by atoms with van der Waals surface area (Å²) in [7, 11) is 0. The Morgan fingerprint density at radius 3 is 2.73 bits per heavy atom. The molecule has 10 heteroatoms. The van der Waals surface area contributed by atoms with Crippen LogP contribution in [0, 0.1) is 6.92 Å². The first kappa shape index (κ1) is 25.9. The van der Waals surface area contributed by atoms with Crippen molar-refractivity contribution in [3.63, 3.8) is 0 Å². The fourth-order valence-corrected chi connectivity index (χ4v) is 5.36. The van der Waals surface area contributed by atoms with Crippen molar-refractivity contribution in [1.29, 1.82) is 0 Å². The van der Waals surface area contributed by atoms with Gasteiger partial charge in [-0.2, -0.15) is 10.1 Å². The van der Waals surface area contributed by atoms with Gasteiger partial charge in [-0.15, -0.1) is 0 Å². The Bertz CT molecular complexity index is 1720. The standard InChI is InChI=1S/C30H34N8O2/c1-16(2)38-17(3)14-23(36-38)25-33-24-21(12-13-31-26(24)34-25)19-10-11-20-18(15-19)8-7-9-22(20)32-27(39)28-35-29(37-40-28)30(4,5)6/h10-16,22H,7-9H2,1-6H3,(H,32,39)(H,31,33,34). The van der Waals surface area contributed by atoms with E-state index < -0.39 is 0 Å². The molecule has 4 aromatic heterocycles. The lowest BCUT2D eigenvalue weighted by molar-refractivity contribution is 0.0888. The fourth-order valence-electron chi connectivity index (χ4n) is 5.36. The Hall–Kier alpha value is -4.34. The molecule has 1 unspecified atom stereocenters. The van der Waals surface area contributed by atoms with Crippen LogP contribution >= 0.6 is 0 Å². The average Bonchev–Trinajstić information content (AvgIpc) is 3.66. The monoisotopic (exact) mass is 538 g/mol. The quantitative estimate of drug-likeness (QED) is 0.287. The number of carbonyl (C=O) groups excluding carboxylic acids is 1. The molecule has 1 amide bonds. The molecule has 10 nitrogen and oxygen atoms in total. The second-order valence-electron chi connectivity index (χ2n) is 11.9. The molecule has 0 bridgehead atoms. The summed E-state index contributed by atoms with van der Waals surface area (Å²) in [6.07, 6.45) is 4.56. The zero-order chi connectivity index (χ0) is 28.2. The van der Waals surface area contributed by atoms with E-state index >= 15 is 0 Å². The second-order valence-corrected chi connectivity index (χ2v) is 11.9. The van der Waals surface area contributed by atoms with Gasteiger partial charge in [-0.25, -0.2) is 9.97 Å². The summed E-state index contributed by atoms with van der Waals surface area (Å²) < 4.78 is 7.26. The van der Waals surface area contributed by atoms with E-state index in [9.17, 15) is 4.79 Å². The highest BCUT2D eigenvalue weighted by Crippen LogP contribution is 2.35. The van der Waals surface area contributed by atoms with Gasteiger partial charge in [0.05, 0.1) is 6.04 Å². The number of hydrogen-bond donors (Lipinski definition) is 2. The van der Waals surface area contributed by atoms with Crippen LogP contribution in [0.4, 0.5) is 0 Å². The average molecular weight is 539 g/mol. The number of pyridine rings is 1. The number of amides is 1. The van der Waals surface area contributed by atoms with Crippen molar-refractivity contribution in [2.24, 2.45) is 0 Å². The highest BCUT2D eigenvalue weighted by Gasteiger charge is 2.28. The van der Waals surface area contributed by atoms with Gasteiger partial charge in [0.1, 0.15) is 11.2 Å². The minimum atomic E-state index is -0.347. The summed E-state index contributed by atoms with van der Waals surface area (Å²) in [4.78, 5) is 30.1. The molecule has 1 aliphatic rings. The van der Waals surface area contributed by atoms with Crippen LogP contribution in [0.3, 0.4) is 0 Å². The van der Waals surface area contributed by atoms with Gasteiger partial charge < -0.3 is 14.8 Å². The number of imidazole rings is 1. The summed E-state index contributed by atoms with van der Waals surface area (Å²) >= 11 is 0. The molecule has 1 aromatic carbocycles. The SMILES string of the molecule is Cc1cc(-c2nc3c(-c4ccc5c(c4)CCCC5NC(=O)c4nc(C(C)(C)C)no4)ccnc3[nH]2)nn1C(C)C. The predicted molar refractivity (Wildman–Crippen MR) is 152 cm³/mol. The van der Waals surface area contributed by atoms with Crippen molar-refractivity contribution in [3.05, 3.63) is 65.1 Å². The molecule has 0 fully saturated rings. The Kier molecular flexibility index (Phi) is 6.28. The molecular formula is C30H34N8O2. The number of rotatable bonds is 5. The first-order valence-electron chi connectivity index (χ1n) is 13.8. The van der Waals surface area contributed by atoms with Crippen LogP contribution in [0.15, 0.2) is 41.1 Å². The maximum absolute atomic E-state index is 12.9. The van der Waals surface area contributed by atoms with Gasteiger partial charge in [0, 0.05) is 28.9 Å². The van der Waals surface area contributed by atoms with Gasteiger partial charge in [-0.05, 0) is 68.9 Å². The Balaban J connectivity index is 1.29. The lowest BCUT2D eigenvalue weighted by Crippen LogP contribution is -2.31. The maximum Gasteiger partial charge on any atom is 0.315 e. The minimum Gasteiger partial charge on any atom is -0.341 e.